The summed E-state index contributed by atoms with van der Waals surface area (Å²) in [5, 5.41) is 0. The van der Waals surface area contributed by atoms with Gasteiger partial charge in [-0.15, -0.1) is 11.6 Å². The number of hydrogen-bond acceptors (Lipinski definition) is 2. The normalized spacial score (nSPS) is 20.1. The van der Waals surface area contributed by atoms with E-state index in [-0.39, 0.29) is 12.0 Å². The van der Waals surface area contributed by atoms with Crippen molar-refractivity contribution in [3.63, 3.8) is 0 Å². The summed E-state index contributed by atoms with van der Waals surface area (Å²) in [5.41, 5.74) is 0.471. The summed E-state index contributed by atoms with van der Waals surface area (Å²) in [6.45, 7) is 0.351. The highest BCUT2D eigenvalue weighted by Crippen LogP contribution is 2.26. The minimum absolute atomic E-state index is 0.237. The van der Waals surface area contributed by atoms with Crippen LogP contribution in [0.5, 0.6) is 0 Å². The van der Waals surface area contributed by atoms with Crippen molar-refractivity contribution >= 4 is 39.3 Å². The van der Waals surface area contributed by atoms with Gasteiger partial charge in [0.2, 0.25) is 0 Å². The Kier molecular flexibility index (Phi) is 3.35. The van der Waals surface area contributed by atoms with Crippen LogP contribution in [0.25, 0.3) is 0 Å². The second kappa shape index (κ2) is 4.59. The highest BCUT2D eigenvalue weighted by molar-refractivity contribution is 9.10. The Balaban J connectivity index is 2.24. The minimum atomic E-state index is -0.493. The molecule has 2 rings (SSSR count). The highest BCUT2D eigenvalue weighted by Gasteiger charge is 2.31. The summed E-state index contributed by atoms with van der Waals surface area (Å²) in [4.78, 5) is 12.8. The lowest BCUT2D eigenvalue weighted by molar-refractivity contribution is 0.151. The first-order valence-electron chi connectivity index (χ1n) is 4.61. The number of nitrogens with zero attached hydrogens (tertiary/aromatic N) is 1. The number of ether oxygens (including phenoxy) is 1. The maximum Gasteiger partial charge on any atom is 0.414 e. The smallest absolute Gasteiger partial charge is 0.414 e. The van der Waals surface area contributed by atoms with Gasteiger partial charge in [0.25, 0.3) is 0 Å². The molecule has 1 aliphatic heterocycles. The number of carbonyl (C=O) groups excluding carboxylic acids is 1. The predicted molar refractivity (Wildman–Crippen MR) is 62.4 cm³/mol. The van der Waals surface area contributed by atoms with E-state index < -0.39 is 11.9 Å². The summed E-state index contributed by atoms with van der Waals surface area (Å²) in [5.74, 6) is -0.180. The molecule has 86 valence electrons. The number of halogens is 3. The summed E-state index contributed by atoms with van der Waals surface area (Å²) in [6.07, 6.45) is -0.826. The van der Waals surface area contributed by atoms with E-state index in [4.69, 9.17) is 16.3 Å². The molecule has 1 unspecified atom stereocenters. The Morgan fingerprint density at radius 1 is 1.62 bits per heavy atom. The molecule has 16 heavy (non-hydrogen) atoms. The number of hydrogen-bond donors (Lipinski definition) is 0. The third kappa shape index (κ3) is 2.15. The SMILES string of the molecule is O=C1OC(CCl)CN1c1ccc(Br)c(F)c1. The summed E-state index contributed by atoms with van der Waals surface area (Å²) < 4.78 is 18.6. The maximum atomic E-state index is 13.3. The third-order valence-corrected chi connectivity index (χ3v) is 3.25. The summed E-state index contributed by atoms with van der Waals surface area (Å²) in [7, 11) is 0. The van der Waals surface area contributed by atoms with Gasteiger partial charge in [0.1, 0.15) is 11.9 Å². The lowest BCUT2D eigenvalue weighted by atomic mass is 10.3. The molecule has 0 bridgehead atoms. The molecule has 0 N–H and O–H groups in total. The van der Waals surface area contributed by atoms with E-state index in [2.05, 4.69) is 15.9 Å². The lowest BCUT2D eigenvalue weighted by Crippen LogP contribution is -2.24. The van der Waals surface area contributed by atoms with Crippen molar-refractivity contribution in [2.75, 3.05) is 17.3 Å². The van der Waals surface area contributed by atoms with E-state index in [1.807, 2.05) is 0 Å². The molecule has 1 aromatic rings. The van der Waals surface area contributed by atoms with Crippen LogP contribution >= 0.6 is 27.5 Å². The van der Waals surface area contributed by atoms with E-state index in [0.717, 1.165) is 0 Å². The van der Waals surface area contributed by atoms with Crippen LogP contribution < -0.4 is 4.90 Å². The van der Waals surface area contributed by atoms with Gasteiger partial charge in [0.15, 0.2) is 0 Å². The number of rotatable bonds is 2. The first-order chi connectivity index (χ1) is 7.61. The van der Waals surface area contributed by atoms with Gasteiger partial charge in [-0.2, -0.15) is 0 Å². The average molecular weight is 309 g/mol. The number of carbonyl (C=O) groups is 1. The Labute approximate surface area is 105 Å². The van der Waals surface area contributed by atoms with E-state index in [9.17, 15) is 9.18 Å². The van der Waals surface area contributed by atoms with Crippen LogP contribution in [0.2, 0.25) is 0 Å². The van der Waals surface area contributed by atoms with E-state index >= 15 is 0 Å². The van der Waals surface area contributed by atoms with Crippen LogP contribution in [0.1, 0.15) is 0 Å². The van der Waals surface area contributed by atoms with E-state index in [1.165, 1.54) is 11.0 Å². The molecule has 0 radical (unpaired) electrons. The van der Waals surface area contributed by atoms with Gasteiger partial charge in [-0.3, -0.25) is 4.90 Å². The molecular formula is C10H8BrClFNO2. The molecule has 0 aliphatic carbocycles. The highest BCUT2D eigenvalue weighted by atomic mass is 79.9. The Morgan fingerprint density at radius 3 is 2.94 bits per heavy atom. The van der Waals surface area contributed by atoms with Gasteiger partial charge in [0.05, 0.1) is 22.6 Å². The number of cyclic esters (lactones) is 1. The summed E-state index contributed by atoms with van der Waals surface area (Å²) >= 11 is 8.64. The van der Waals surface area contributed by atoms with Gasteiger partial charge in [-0.25, -0.2) is 9.18 Å². The molecule has 1 aliphatic rings. The predicted octanol–water partition coefficient (Wildman–Crippen LogP) is 3.15. The summed E-state index contributed by atoms with van der Waals surface area (Å²) in [6, 6.07) is 4.47. The Morgan fingerprint density at radius 2 is 2.38 bits per heavy atom. The van der Waals surface area contributed by atoms with Crippen LogP contribution in [0.3, 0.4) is 0 Å². The molecule has 0 spiro atoms. The average Bonchev–Trinajstić information content (AvgIpc) is 2.64. The van der Waals surface area contributed by atoms with Gasteiger partial charge in [0, 0.05) is 0 Å². The molecule has 3 nitrogen and oxygen atoms in total. The fourth-order valence-corrected chi connectivity index (χ4v) is 1.87. The van der Waals surface area contributed by atoms with Crippen molar-refractivity contribution in [1.29, 1.82) is 0 Å². The van der Waals surface area contributed by atoms with Crippen LogP contribution in [0.15, 0.2) is 22.7 Å². The zero-order valence-corrected chi connectivity index (χ0v) is 10.5. The van der Waals surface area contributed by atoms with Crippen molar-refractivity contribution in [2.24, 2.45) is 0 Å². The van der Waals surface area contributed by atoms with E-state index in [0.29, 0.717) is 16.7 Å². The van der Waals surface area contributed by atoms with Crippen molar-refractivity contribution < 1.29 is 13.9 Å². The molecular weight excluding hydrogens is 300 g/mol. The molecule has 0 saturated carbocycles. The fourth-order valence-electron chi connectivity index (χ4n) is 1.47. The fraction of sp³-hybridized carbons (Fsp3) is 0.300. The Hall–Kier alpha value is -0.810. The number of amides is 1. The Bertz CT molecular complexity index is 429. The van der Waals surface area contributed by atoms with Crippen LogP contribution in [-0.2, 0) is 4.74 Å². The number of benzene rings is 1. The standard InChI is InChI=1S/C10H8BrClFNO2/c11-8-2-1-6(3-9(8)13)14-5-7(4-12)16-10(14)15/h1-3,7H,4-5H2. The van der Waals surface area contributed by atoms with Crippen molar-refractivity contribution in [3.05, 3.63) is 28.5 Å². The topological polar surface area (TPSA) is 29.5 Å². The quantitative estimate of drug-likeness (QED) is 0.786. The molecule has 0 aromatic heterocycles. The molecule has 6 heteroatoms. The second-order valence-corrected chi connectivity index (χ2v) is 4.53. The molecule has 1 saturated heterocycles. The third-order valence-electron chi connectivity index (χ3n) is 2.26. The zero-order chi connectivity index (χ0) is 11.7. The van der Waals surface area contributed by atoms with Gasteiger partial charge < -0.3 is 4.74 Å². The lowest BCUT2D eigenvalue weighted by Gasteiger charge is -2.12. The first-order valence-corrected chi connectivity index (χ1v) is 5.93. The van der Waals surface area contributed by atoms with Gasteiger partial charge >= 0.3 is 6.09 Å². The van der Waals surface area contributed by atoms with E-state index in [1.54, 1.807) is 12.1 Å². The van der Waals surface area contributed by atoms with Crippen molar-refractivity contribution in [2.45, 2.75) is 6.10 Å². The molecule has 1 fully saturated rings. The number of alkyl halides is 1. The molecule has 1 atom stereocenters. The monoisotopic (exact) mass is 307 g/mol. The van der Waals surface area contributed by atoms with Gasteiger partial charge in [-0.1, -0.05) is 0 Å². The number of anilines is 1. The van der Waals surface area contributed by atoms with Crippen molar-refractivity contribution in [3.8, 4) is 0 Å². The maximum absolute atomic E-state index is 13.3. The van der Waals surface area contributed by atoms with Crippen molar-refractivity contribution in [1.82, 2.24) is 0 Å². The van der Waals surface area contributed by atoms with Crippen LogP contribution in [0.4, 0.5) is 14.9 Å². The molecule has 1 amide bonds. The van der Waals surface area contributed by atoms with Crippen LogP contribution in [0, 0.1) is 5.82 Å². The first kappa shape index (κ1) is 11.7. The van der Waals surface area contributed by atoms with Gasteiger partial charge in [-0.05, 0) is 34.1 Å². The zero-order valence-electron chi connectivity index (χ0n) is 8.12. The molecule has 1 heterocycles. The second-order valence-electron chi connectivity index (χ2n) is 3.37. The molecule has 1 aromatic carbocycles. The minimum Gasteiger partial charge on any atom is -0.443 e. The largest absolute Gasteiger partial charge is 0.443 e. The van der Waals surface area contributed by atoms with Crippen LogP contribution in [-0.4, -0.2) is 24.6 Å².